The Bertz CT molecular complexity index is 284. The van der Waals surface area contributed by atoms with Gasteiger partial charge in [-0.05, 0) is 6.07 Å². The van der Waals surface area contributed by atoms with Crippen LogP contribution in [-0.2, 0) is 0 Å². The van der Waals surface area contributed by atoms with Crippen LogP contribution in [0.1, 0.15) is 0 Å². The van der Waals surface area contributed by atoms with Crippen LogP contribution in [0.25, 0.3) is 0 Å². The fraction of sp³-hybridized carbons (Fsp3) is 0.375. The average Bonchev–Trinajstić information content (AvgIpc) is 2.19. The Hall–Kier alpha value is -1.17. The van der Waals surface area contributed by atoms with Crippen LogP contribution in [0.3, 0.4) is 0 Å². The highest BCUT2D eigenvalue weighted by atomic mass is 35.5. The van der Waals surface area contributed by atoms with Crippen LogP contribution < -0.4 is 10.1 Å². The summed E-state index contributed by atoms with van der Waals surface area (Å²) in [6.45, 7) is 0. The fourth-order valence-electron chi connectivity index (χ4n) is 0.765. The number of hydrogen-bond donors (Lipinski definition) is 1. The summed E-state index contributed by atoms with van der Waals surface area (Å²) < 4.78 is 40.0. The molecule has 0 aliphatic heterocycles. The standard InChI is InChI=1S/C8H9F3N2O.ClH/c1-12-5-2-3-6(13-4-5)14-8(11)7(9)10;/h2-4,7-8,12H,1H3;1H. The van der Waals surface area contributed by atoms with Gasteiger partial charge in [-0.2, -0.15) is 4.39 Å². The van der Waals surface area contributed by atoms with Crippen molar-refractivity contribution in [3.63, 3.8) is 0 Å². The van der Waals surface area contributed by atoms with E-state index in [9.17, 15) is 13.2 Å². The first-order chi connectivity index (χ1) is 6.63. The summed E-state index contributed by atoms with van der Waals surface area (Å²) in [6, 6.07) is 2.85. The van der Waals surface area contributed by atoms with E-state index in [4.69, 9.17) is 0 Å². The Balaban J connectivity index is 0.00000196. The molecule has 1 aromatic rings. The molecule has 0 saturated carbocycles. The van der Waals surface area contributed by atoms with Gasteiger partial charge in [-0.3, -0.25) is 0 Å². The summed E-state index contributed by atoms with van der Waals surface area (Å²) in [5, 5.41) is 2.77. The largest absolute Gasteiger partial charge is 0.437 e. The lowest BCUT2D eigenvalue weighted by atomic mass is 10.4. The SMILES string of the molecule is CNc1ccc(OC(F)C(F)F)nc1.Cl. The van der Waals surface area contributed by atoms with Crippen LogP contribution in [0.15, 0.2) is 18.3 Å². The molecule has 0 radical (unpaired) electrons. The quantitative estimate of drug-likeness (QED) is 0.881. The zero-order valence-corrected chi connectivity index (χ0v) is 8.60. The third kappa shape index (κ3) is 4.24. The second-order valence-electron chi connectivity index (χ2n) is 2.44. The van der Waals surface area contributed by atoms with Crippen LogP contribution in [0.5, 0.6) is 5.88 Å². The molecule has 0 aliphatic rings. The molecule has 0 saturated heterocycles. The lowest BCUT2D eigenvalue weighted by molar-refractivity contribution is -0.0690. The van der Waals surface area contributed by atoms with Crippen LogP contribution in [0.4, 0.5) is 18.9 Å². The van der Waals surface area contributed by atoms with Crippen LogP contribution >= 0.6 is 12.4 Å². The van der Waals surface area contributed by atoms with Crippen LogP contribution in [0, 0.1) is 0 Å². The predicted molar refractivity (Wildman–Crippen MR) is 52.6 cm³/mol. The number of aromatic nitrogens is 1. The molecule has 1 rings (SSSR count). The maximum absolute atomic E-state index is 12.4. The van der Waals surface area contributed by atoms with E-state index in [-0.39, 0.29) is 18.3 Å². The molecular weight excluding hydrogens is 233 g/mol. The Morgan fingerprint density at radius 3 is 2.40 bits per heavy atom. The topological polar surface area (TPSA) is 34.1 Å². The number of ether oxygens (including phenoxy) is 1. The second-order valence-corrected chi connectivity index (χ2v) is 2.44. The number of alkyl halides is 3. The van der Waals surface area contributed by atoms with Crippen molar-refractivity contribution in [2.75, 3.05) is 12.4 Å². The van der Waals surface area contributed by atoms with Crippen molar-refractivity contribution < 1.29 is 17.9 Å². The van der Waals surface area contributed by atoms with Gasteiger partial charge in [0.2, 0.25) is 5.88 Å². The maximum Gasteiger partial charge on any atom is 0.304 e. The number of pyridine rings is 1. The summed E-state index contributed by atoms with van der Waals surface area (Å²) >= 11 is 0. The highest BCUT2D eigenvalue weighted by molar-refractivity contribution is 5.85. The first-order valence-corrected chi connectivity index (χ1v) is 3.86. The van der Waals surface area contributed by atoms with E-state index >= 15 is 0 Å². The predicted octanol–water partition coefficient (Wildman–Crippen LogP) is 2.48. The summed E-state index contributed by atoms with van der Waals surface area (Å²) in [5.41, 5.74) is 0.685. The molecule has 3 nitrogen and oxygen atoms in total. The molecule has 1 aromatic heterocycles. The summed E-state index contributed by atoms with van der Waals surface area (Å²) in [4.78, 5) is 3.61. The molecule has 7 heteroatoms. The van der Waals surface area contributed by atoms with Crippen molar-refractivity contribution >= 4 is 18.1 Å². The number of hydrogen-bond acceptors (Lipinski definition) is 3. The van der Waals surface area contributed by atoms with Gasteiger partial charge in [0.15, 0.2) is 0 Å². The molecule has 0 aliphatic carbocycles. The van der Waals surface area contributed by atoms with Crippen molar-refractivity contribution in [2.24, 2.45) is 0 Å². The summed E-state index contributed by atoms with van der Waals surface area (Å²) in [5.74, 6) is -0.170. The zero-order chi connectivity index (χ0) is 10.6. The molecule has 86 valence electrons. The number of halogens is 4. The lowest BCUT2D eigenvalue weighted by Gasteiger charge is -2.09. The molecule has 15 heavy (non-hydrogen) atoms. The third-order valence-electron chi connectivity index (χ3n) is 1.46. The van der Waals surface area contributed by atoms with Gasteiger partial charge in [-0.25, -0.2) is 13.8 Å². The molecule has 0 fully saturated rings. The molecule has 0 aromatic carbocycles. The van der Waals surface area contributed by atoms with Crippen molar-refractivity contribution in [2.45, 2.75) is 12.8 Å². The minimum atomic E-state index is -3.17. The molecule has 0 bridgehead atoms. The minimum absolute atomic E-state index is 0. The molecule has 1 unspecified atom stereocenters. The van der Waals surface area contributed by atoms with E-state index < -0.39 is 12.8 Å². The lowest BCUT2D eigenvalue weighted by Crippen LogP contribution is -2.19. The van der Waals surface area contributed by atoms with Crippen molar-refractivity contribution in [1.82, 2.24) is 4.98 Å². The highest BCUT2D eigenvalue weighted by Gasteiger charge is 2.21. The highest BCUT2D eigenvalue weighted by Crippen LogP contribution is 2.15. The third-order valence-corrected chi connectivity index (χ3v) is 1.46. The smallest absolute Gasteiger partial charge is 0.304 e. The molecule has 1 N–H and O–H groups in total. The number of rotatable bonds is 4. The molecule has 1 heterocycles. The van der Waals surface area contributed by atoms with E-state index in [0.29, 0.717) is 5.69 Å². The van der Waals surface area contributed by atoms with Gasteiger partial charge in [0.05, 0.1) is 11.9 Å². The molecule has 1 atom stereocenters. The van der Waals surface area contributed by atoms with E-state index in [1.165, 1.54) is 12.3 Å². The molecule has 0 amide bonds. The van der Waals surface area contributed by atoms with Crippen molar-refractivity contribution in [1.29, 1.82) is 0 Å². The van der Waals surface area contributed by atoms with Crippen LogP contribution in [0.2, 0.25) is 0 Å². The average molecular weight is 243 g/mol. The van der Waals surface area contributed by atoms with E-state index in [1.54, 1.807) is 13.1 Å². The van der Waals surface area contributed by atoms with Gasteiger partial charge < -0.3 is 10.1 Å². The van der Waals surface area contributed by atoms with E-state index in [1.807, 2.05) is 0 Å². The van der Waals surface area contributed by atoms with Crippen molar-refractivity contribution in [3.8, 4) is 5.88 Å². The monoisotopic (exact) mass is 242 g/mol. The van der Waals surface area contributed by atoms with Gasteiger partial charge >= 0.3 is 6.43 Å². The number of nitrogens with one attached hydrogen (secondary N) is 1. The molecule has 0 spiro atoms. The summed E-state index contributed by atoms with van der Waals surface area (Å²) in [6.07, 6.45) is -4.45. The summed E-state index contributed by atoms with van der Waals surface area (Å²) in [7, 11) is 1.68. The van der Waals surface area contributed by atoms with Crippen molar-refractivity contribution in [3.05, 3.63) is 18.3 Å². The minimum Gasteiger partial charge on any atom is -0.437 e. The van der Waals surface area contributed by atoms with Gasteiger partial charge in [-0.1, -0.05) is 0 Å². The number of nitrogens with zero attached hydrogens (tertiary/aromatic N) is 1. The Kier molecular flexibility index (Phi) is 5.84. The molecular formula is C8H10ClF3N2O. The van der Waals surface area contributed by atoms with Crippen LogP contribution in [-0.4, -0.2) is 24.8 Å². The van der Waals surface area contributed by atoms with E-state index in [2.05, 4.69) is 15.0 Å². The van der Waals surface area contributed by atoms with Gasteiger partial charge in [-0.15, -0.1) is 12.4 Å². The van der Waals surface area contributed by atoms with Gasteiger partial charge in [0, 0.05) is 13.1 Å². The van der Waals surface area contributed by atoms with E-state index in [0.717, 1.165) is 0 Å². The second kappa shape index (κ2) is 6.34. The fourth-order valence-corrected chi connectivity index (χ4v) is 0.765. The zero-order valence-electron chi connectivity index (χ0n) is 7.78. The Morgan fingerprint density at radius 1 is 1.33 bits per heavy atom. The maximum atomic E-state index is 12.4. The van der Waals surface area contributed by atoms with Gasteiger partial charge in [0.1, 0.15) is 0 Å². The number of anilines is 1. The normalized spacial score (nSPS) is 11.8. The Morgan fingerprint density at radius 2 is 2.00 bits per heavy atom. The first kappa shape index (κ1) is 13.8. The Labute approximate surface area is 91.1 Å². The van der Waals surface area contributed by atoms with Gasteiger partial charge in [0.25, 0.3) is 6.36 Å². The first-order valence-electron chi connectivity index (χ1n) is 3.86.